The fourth-order valence-electron chi connectivity index (χ4n) is 1.04. The van der Waals surface area contributed by atoms with E-state index in [-0.39, 0.29) is 0 Å². The Morgan fingerprint density at radius 1 is 1.56 bits per heavy atom. The van der Waals surface area contributed by atoms with Crippen molar-refractivity contribution in [3.63, 3.8) is 0 Å². The number of halogens is 3. The van der Waals surface area contributed by atoms with Crippen molar-refractivity contribution < 1.29 is 27.6 Å². The van der Waals surface area contributed by atoms with Crippen LogP contribution in [0.15, 0.2) is 18.3 Å². The fourth-order valence-corrected chi connectivity index (χ4v) is 2.16. The molecule has 0 aliphatic carbocycles. The summed E-state index contributed by atoms with van der Waals surface area (Å²) < 4.78 is 34.4. The lowest BCUT2D eigenvalue weighted by Crippen LogP contribution is -2.37. The van der Waals surface area contributed by atoms with Crippen LogP contribution in [0.4, 0.5) is 13.2 Å². The number of carbonyl (C=O) groups is 1. The number of thiazole rings is 1. The second-order valence-corrected chi connectivity index (χ2v) is 4.80. The molecular weight excluding hydrogens is 289 g/mol. The molecular formula is C9H7F3N2O2S2. The minimum Gasteiger partial charge on any atom is -0.542 e. The Balaban J connectivity index is 0.000000203. The number of aromatic amines is 1. The summed E-state index contributed by atoms with van der Waals surface area (Å²) in [6, 6.07) is 4.03. The molecule has 98 valence electrons. The molecule has 0 aromatic carbocycles. The molecule has 0 aliphatic heterocycles. The van der Waals surface area contributed by atoms with Crippen LogP contribution in [0, 0.1) is 3.95 Å². The van der Waals surface area contributed by atoms with Crippen LogP contribution in [-0.2, 0) is 11.8 Å². The van der Waals surface area contributed by atoms with E-state index in [4.69, 9.17) is 22.1 Å². The average Bonchev–Trinajstić information content (AvgIpc) is 2.59. The molecule has 0 saturated carbocycles. The quantitative estimate of drug-likeness (QED) is 0.584. The van der Waals surface area contributed by atoms with Crippen molar-refractivity contribution in [3.8, 4) is 0 Å². The molecule has 0 saturated heterocycles. The molecule has 1 N–H and O–H groups in total. The van der Waals surface area contributed by atoms with E-state index in [2.05, 4.69) is 9.55 Å². The lowest BCUT2D eigenvalue weighted by atomic mass is 10.4. The number of alkyl halides is 3. The van der Waals surface area contributed by atoms with Gasteiger partial charge in [-0.1, -0.05) is 0 Å². The molecule has 4 nitrogen and oxygen atoms in total. The summed E-state index contributed by atoms with van der Waals surface area (Å²) in [5, 5.41) is 8.78. The number of carboxylic acid groups (broad SMARTS) is 1. The van der Waals surface area contributed by atoms with Gasteiger partial charge in [0.2, 0.25) is 0 Å². The number of hydrogen-bond acceptors (Lipinski definition) is 4. The summed E-state index contributed by atoms with van der Waals surface area (Å²) in [5.41, 5.74) is 1.12. The molecule has 2 heterocycles. The average molecular weight is 296 g/mol. The summed E-state index contributed by atoms with van der Waals surface area (Å²) in [7, 11) is 2.02. The van der Waals surface area contributed by atoms with Crippen LogP contribution in [-0.4, -0.2) is 17.1 Å². The molecule has 0 aliphatic rings. The Kier molecular flexibility index (Phi) is 4.41. The van der Waals surface area contributed by atoms with E-state index in [0.29, 0.717) is 0 Å². The van der Waals surface area contributed by atoms with Crippen molar-refractivity contribution in [2.24, 2.45) is 7.05 Å². The molecule has 9 heteroatoms. The zero-order valence-electron chi connectivity index (χ0n) is 8.95. The van der Waals surface area contributed by atoms with Gasteiger partial charge in [-0.2, -0.15) is 17.7 Å². The topological polar surface area (TPSA) is 59.8 Å². The van der Waals surface area contributed by atoms with E-state index in [0.717, 1.165) is 9.47 Å². The summed E-state index contributed by atoms with van der Waals surface area (Å²) in [5.74, 6) is -3.01. The first-order chi connectivity index (χ1) is 8.21. The molecule has 2 aromatic heterocycles. The smallest absolute Gasteiger partial charge is 0.430 e. The van der Waals surface area contributed by atoms with E-state index in [1.165, 1.54) is 4.83 Å². The Morgan fingerprint density at radius 3 is 2.56 bits per heavy atom. The maximum absolute atomic E-state index is 10.5. The van der Waals surface area contributed by atoms with Crippen molar-refractivity contribution in [1.29, 1.82) is 0 Å². The lowest BCUT2D eigenvalue weighted by Gasteiger charge is -2.03. The van der Waals surface area contributed by atoms with Gasteiger partial charge in [-0.15, -0.1) is 0 Å². The van der Waals surface area contributed by atoms with Gasteiger partial charge in [0.15, 0.2) is 10.2 Å². The van der Waals surface area contributed by atoms with Gasteiger partial charge in [0.1, 0.15) is 18.5 Å². The summed E-state index contributed by atoms with van der Waals surface area (Å²) in [6.07, 6.45) is -3.18. The Labute approximate surface area is 108 Å². The Bertz CT molecular complexity index is 618. The normalized spacial score (nSPS) is 10.9. The van der Waals surface area contributed by atoms with Crippen LogP contribution in [0.1, 0.15) is 0 Å². The maximum Gasteiger partial charge on any atom is 0.430 e. The van der Waals surface area contributed by atoms with Crippen LogP contribution in [0.25, 0.3) is 10.3 Å². The number of pyridine rings is 1. The second-order valence-electron chi connectivity index (χ2n) is 3.14. The molecule has 0 atom stereocenters. The summed E-state index contributed by atoms with van der Waals surface area (Å²) in [4.78, 5) is 13.1. The van der Waals surface area contributed by atoms with Crippen molar-refractivity contribution >= 4 is 39.9 Å². The molecule has 2 rings (SSSR count). The number of fused-ring (bicyclic) bond motifs is 1. The van der Waals surface area contributed by atoms with Gasteiger partial charge in [-0.05, 0) is 29.6 Å². The van der Waals surface area contributed by atoms with Crippen LogP contribution < -0.4 is 9.67 Å². The van der Waals surface area contributed by atoms with E-state index in [1.807, 2.05) is 25.4 Å². The highest BCUT2D eigenvalue weighted by molar-refractivity contribution is 7.73. The first-order valence-corrected chi connectivity index (χ1v) is 5.70. The predicted molar refractivity (Wildman–Crippen MR) is 59.2 cm³/mol. The molecule has 2 aromatic rings. The molecule has 0 unspecified atom stereocenters. The number of aliphatic carboxylic acids is 1. The number of aromatic nitrogens is 2. The van der Waals surface area contributed by atoms with Crippen LogP contribution >= 0.6 is 23.6 Å². The second kappa shape index (κ2) is 5.44. The van der Waals surface area contributed by atoms with Gasteiger partial charge >= 0.3 is 6.18 Å². The van der Waals surface area contributed by atoms with E-state index < -0.39 is 12.1 Å². The zero-order chi connectivity index (χ0) is 13.9. The number of hydrogen-bond donors (Lipinski definition) is 1. The van der Waals surface area contributed by atoms with Crippen LogP contribution in [0.3, 0.4) is 0 Å². The van der Waals surface area contributed by atoms with Gasteiger partial charge in [0, 0.05) is 6.07 Å². The summed E-state index contributed by atoms with van der Waals surface area (Å²) in [6.45, 7) is 0. The van der Waals surface area contributed by atoms with Gasteiger partial charge < -0.3 is 14.9 Å². The van der Waals surface area contributed by atoms with Gasteiger partial charge in [-0.3, -0.25) is 0 Å². The predicted octanol–water partition coefficient (Wildman–Crippen LogP) is 1.08. The maximum atomic E-state index is 10.5. The molecule has 0 amide bonds. The van der Waals surface area contributed by atoms with Crippen molar-refractivity contribution in [3.05, 3.63) is 22.3 Å². The third kappa shape index (κ3) is 3.77. The number of carbonyl (C=O) groups excluding carboxylic acids is 1. The van der Waals surface area contributed by atoms with E-state index in [9.17, 15) is 13.2 Å². The zero-order valence-corrected chi connectivity index (χ0v) is 10.6. The number of aryl methyl sites for hydroxylation is 1. The largest absolute Gasteiger partial charge is 0.542 e. The molecule has 0 radical (unpaired) electrons. The van der Waals surface area contributed by atoms with Crippen molar-refractivity contribution in [2.75, 3.05) is 0 Å². The van der Waals surface area contributed by atoms with E-state index in [1.54, 1.807) is 11.3 Å². The van der Waals surface area contributed by atoms with Crippen LogP contribution in [0.2, 0.25) is 0 Å². The van der Waals surface area contributed by atoms with Gasteiger partial charge in [0.05, 0.1) is 0 Å². The first-order valence-electron chi connectivity index (χ1n) is 4.47. The highest BCUT2D eigenvalue weighted by atomic mass is 32.1. The minimum absolute atomic E-state index is 0.835. The highest BCUT2D eigenvalue weighted by Gasteiger charge is 2.28. The number of nitrogens with one attached hydrogen (secondary N) is 1. The van der Waals surface area contributed by atoms with Crippen molar-refractivity contribution in [1.82, 2.24) is 4.98 Å². The fraction of sp³-hybridized carbons (Fsp3) is 0.222. The third-order valence-corrected chi connectivity index (χ3v) is 3.12. The van der Waals surface area contributed by atoms with Gasteiger partial charge in [-0.25, -0.2) is 0 Å². The molecule has 0 spiro atoms. The number of H-pyrrole nitrogens is 1. The molecule has 18 heavy (non-hydrogen) atoms. The SMILES string of the molecule is C[n+]1cccc2[nH]c(=S)sc21.O=C([O-])C(F)(F)F. The standard InChI is InChI=1S/C7H6N2S2.C2HF3O2/c1-9-4-2-3-5-6(9)11-7(10)8-5;3-2(4,5)1(6)7/h2-4H,1H3;(H,6,7). The Morgan fingerprint density at radius 2 is 2.11 bits per heavy atom. The molecule has 0 fully saturated rings. The molecule has 0 bridgehead atoms. The lowest BCUT2D eigenvalue weighted by molar-refractivity contribution is -0.642. The highest BCUT2D eigenvalue weighted by Crippen LogP contribution is 2.13. The number of rotatable bonds is 0. The number of nitrogens with zero attached hydrogens (tertiary/aromatic N) is 1. The van der Waals surface area contributed by atoms with Gasteiger partial charge in [0.25, 0.3) is 4.83 Å². The summed E-state index contributed by atoms with van der Waals surface area (Å²) >= 11 is 6.62. The van der Waals surface area contributed by atoms with E-state index >= 15 is 0 Å². The monoisotopic (exact) mass is 296 g/mol. The van der Waals surface area contributed by atoms with Crippen LogP contribution in [0.5, 0.6) is 0 Å². The van der Waals surface area contributed by atoms with Crippen molar-refractivity contribution in [2.45, 2.75) is 6.18 Å². The third-order valence-electron chi connectivity index (χ3n) is 1.78. The Hall–Kier alpha value is -1.48. The number of carboxylic acids is 1. The first kappa shape index (κ1) is 14.6. The minimum atomic E-state index is -5.19.